The lowest BCUT2D eigenvalue weighted by atomic mass is 10.1. The molecule has 2 heterocycles. The zero-order valence-electron chi connectivity index (χ0n) is 13.6. The first-order chi connectivity index (χ1) is 12.1. The van der Waals surface area contributed by atoms with E-state index in [0.29, 0.717) is 25.3 Å². The Morgan fingerprint density at radius 2 is 2.12 bits per heavy atom. The molecule has 0 radical (unpaired) electrons. The molecule has 1 saturated carbocycles. The van der Waals surface area contributed by atoms with Crippen molar-refractivity contribution in [2.75, 3.05) is 11.4 Å². The molecule has 2 aromatic rings. The molecule has 1 aromatic carbocycles. The fraction of sp³-hybridized carbons (Fsp3) is 0.412. The molecule has 1 aliphatic heterocycles. The standard InChI is InChI=1S/C17H18N6O2/c1-19-17(6-7-17)12-2-4-14(5-3-12)23-11-15(25-16(23)24)10-22-9-13(8-18)20-21-22/h2-5,9,15H,6-8,10-11,18H2/t15-/m0/s1. The highest BCUT2D eigenvalue weighted by Gasteiger charge is 2.52. The first-order valence-electron chi connectivity index (χ1n) is 8.20. The summed E-state index contributed by atoms with van der Waals surface area (Å²) < 4.78 is 7.06. The van der Waals surface area contributed by atoms with E-state index in [0.717, 1.165) is 24.1 Å². The lowest BCUT2D eigenvalue weighted by Gasteiger charge is -2.13. The number of benzene rings is 1. The number of hydrogen-bond acceptors (Lipinski definition) is 5. The summed E-state index contributed by atoms with van der Waals surface area (Å²) in [4.78, 5) is 17.5. The number of nitrogens with two attached hydrogens (primary N) is 1. The van der Waals surface area contributed by atoms with Crippen molar-refractivity contribution in [1.29, 1.82) is 0 Å². The molecule has 8 heteroatoms. The molecule has 8 nitrogen and oxygen atoms in total. The van der Waals surface area contributed by atoms with E-state index < -0.39 is 0 Å². The number of hydrogen-bond donors (Lipinski definition) is 1. The van der Waals surface area contributed by atoms with E-state index >= 15 is 0 Å². The minimum atomic E-state index is -0.372. The minimum absolute atomic E-state index is 0.294. The van der Waals surface area contributed by atoms with E-state index in [4.69, 9.17) is 17.0 Å². The van der Waals surface area contributed by atoms with Crippen molar-refractivity contribution >= 4 is 11.8 Å². The van der Waals surface area contributed by atoms with Crippen LogP contribution < -0.4 is 10.6 Å². The van der Waals surface area contributed by atoms with Gasteiger partial charge < -0.3 is 15.3 Å². The van der Waals surface area contributed by atoms with Gasteiger partial charge in [0.2, 0.25) is 0 Å². The molecule has 25 heavy (non-hydrogen) atoms. The van der Waals surface area contributed by atoms with Crippen LogP contribution in [0.1, 0.15) is 24.1 Å². The molecule has 2 N–H and O–H groups in total. The highest BCUT2D eigenvalue weighted by molar-refractivity contribution is 5.89. The second-order valence-corrected chi connectivity index (χ2v) is 6.44. The van der Waals surface area contributed by atoms with Crippen molar-refractivity contribution in [1.82, 2.24) is 15.0 Å². The van der Waals surface area contributed by atoms with E-state index in [1.807, 2.05) is 24.3 Å². The largest absolute Gasteiger partial charge is 0.442 e. The number of cyclic esters (lactones) is 1. The molecule has 1 saturated heterocycles. The Morgan fingerprint density at radius 1 is 1.36 bits per heavy atom. The highest BCUT2D eigenvalue weighted by Crippen LogP contribution is 2.49. The third kappa shape index (κ3) is 2.83. The third-order valence-corrected chi connectivity index (χ3v) is 4.71. The summed E-state index contributed by atoms with van der Waals surface area (Å²) in [6.07, 6.45) is 2.91. The van der Waals surface area contributed by atoms with Crippen LogP contribution in [0.25, 0.3) is 4.85 Å². The van der Waals surface area contributed by atoms with Crippen LogP contribution in [-0.4, -0.2) is 33.7 Å². The van der Waals surface area contributed by atoms with Crippen molar-refractivity contribution < 1.29 is 9.53 Å². The third-order valence-electron chi connectivity index (χ3n) is 4.71. The van der Waals surface area contributed by atoms with Gasteiger partial charge in [-0.05, 0) is 24.3 Å². The summed E-state index contributed by atoms with van der Waals surface area (Å²) in [7, 11) is 0. The van der Waals surface area contributed by atoms with Gasteiger partial charge in [0.05, 0.1) is 18.8 Å². The van der Waals surface area contributed by atoms with E-state index in [1.54, 1.807) is 15.8 Å². The molecule has 2 aliphatic rings. The van der Waals surface area contributed by atoms with Gasteiger partial charge >= 0.3 is 6.09 Å². The number of anilines is 1. The second kappa shape index (κ2) is 5.86. The lowest BCUT2D eigenvalue weighted by Crippen LogP contribution is -2.26. The fourth-order valence-corrected chi connectivity index (χ4v) is 3.09. The maximum Gasteiger partial charge on any atom is 0.414 e. The number of nitrogens with zero attached hydrogens (tertiary/aromatic N) is 5. The van der Waals surface area contributed by atoms with Crippen molar-refractivity contribution in [2.24, 2.45) is 5.73 Å². The number of carbonyl (C=O) groups is 1. The maximum absolute atomic E-state index is 12.2. The van der Waals surface area contributed by atoms with E-state index in [2.05, 4.69) is 15.2 Å². The van der Waals surface area contributed by atoms with Crippen LogP contribution in [0.2, 0.25) is 0 Å². The van der Waals surface area contributed by atoms with Gasteiger partial charge in [0, 0.05) is 36.8 Å². The Labute approximate surface area is 145 Å². The molecular formula is C17H18N6O2. The average Bonchev–Trinajstić information content (AvgIpc) is 3.17. The van der Waals surface area contributed by atoms with Gasteiger partial charge in [-0.25, -0.2) is 16.0 Å². The van der Waals surface area contributed by atoms with Crippen LogP contribution >= 0.6 is 0 Å². The number of amides is 1. The quantitative estimate of drug-likeness (QED) is 0.838. The average molecular weight is 338 g/mol. The summed E-state index contributed by atoms with van der Waals surface area (Å²) in [5.41, 5.74) is 7.68. The topological polar surface area (TPSA) is 90.6 Å². The van der Waals surface area contributed by atoms with Crippen LogP contribution in [0.3, 0.4) is 0 Å². The van der Waals surface area contributed by atoms with E-state index in [-0.39, 0.29) is 17.7 Å². The molecule has 0 unspecified atom stereocenters. The molecular weight excluding hydrogens is 320 g/mol. The Hall–Kier alpha value is -2.92. The zero-order valence-corrected chi connectivity index (χ0v) is 13.6. The van der Waals surface area contributed by atoms with Crippen molar-refractivity contribution in [3.8, 4) is 0 Å². The Bertz CT molecular complexity index is 834. The molecule has 1 amide bonds. The molecule has 1 atom stereocenters. The first kappa shape index (κ1) is 15.6. The van der Waals surface area contributed by atoms with E-state index in [9.17, 15) is 4.79 Å². The SMILES string of the molecule is [C-]#[N+]C1(c2ccc(N3C[C@H](Cn4cc(CN)nn4)OC3=O)cc2)CC1. The monoisotopic (exact) mass is 338 g/mol. The Morgan fingerprint density at radius 3 is 2.72 bits per heavy atom. The highest BCUT2D eigenvalue weighted by atomic mass is 16.6. The van der Waals surface area contributed by atoms with Gasteiger partial charge in [-0.15, -0.1) is 5.10 Å². The van der Waals surface area contributed by atoms with Crippen LogP contribution in [0, 0.1) is 6.57 Å². The van der Waals surface area contributed by atoms with Gasteiger partial charge in [0.15, 0.2) is 0 Å². The van der Waals surface area contributed by atoms with Crippen molar-refractivity contribution in [3.63, 3.8) is 0 Å². The van der Waals surface area contributed by atoms with Gasteiger partial charge in [-0.3, -0.25) is 4.90 Å². The second-order valence-electron chi connectivity index (χ2n) is 6.44. The Balaban J connectivity index is 1.44. The van der Waals surface area contributed by atoms with Gasteiger partial charge in [-0.2, -0.15) is 0 Å². The van der Waals surface area contributed by atoms with Crippen LogP contribution in [-0.2, 0) is 23.4 Å². The zero-order chi connectivity index (χ0) is 17.4. The van der Waals surface area contributed by atoms with Crippen LogP contribution in [0.15, 0.2) is 30.5 Å². The normalized spacial score (nSPS) is 21.0. The molecule has 0 bridgehead atoms. The maximum atomic E-state index is 12.2. The smallest absolute Gasteiger partial charge is 0.414 e. The molecule has 1 aliphatic carbocycles. The molecule has 128 valence electrons. The fourth-order valence-electron chi connectivity index (χ4n) is 3.09. The van der Waals surface area contributed by atoms with Gasteiger partial charge in [-0.1, -0.05) is 5.21 Å². The molecule has 2 fully saturated rings. The predicted molar refractivity (Wildman–Crippen MR) is 89.5 cm³/mol. The summed E-state index contributed by atoms with van der Waals surface area (Å²) in [6, 6.07) is 7.64. The first-order valence-corrected chi connectivity index (χ1v) is 8.20. The van der Waals surface area contributed by atoms with Crippen molar-refractivity contribution in [3.05, 3.63) is 53.1 Å². The summed E-state index contributed by atoms with van der Waals surface area (Å²) >= 11 is 0. The molecule has 4 rings (SSSR count). The number of rotatable bonds is 5. The number of ether oxygens (including phenoxy) is 1. The summed E-state index contributed by atoms with van der Waals surface area (Å²) in [5.74, 6) is 0. The Kier molecular flexibility index (Phi) is 3.66. The number of aromatic nitrogens is 3. The predicted octanol–water partition coefficient (Wildman–Crippen LogP) is 1.67. The molecule has 1 aromatic heterocycles. The minimum Gasteiger partial charge on any atom is -0.442 e. The van der Waals surface area contributed by atoms with Crippen LogP contribution in [0.5, 0.6) is 0 Å². The summed E-state index contributed by atoms with van der Waals surface area (Å²) in [5, 5.41) is 7.91. The summed E-state index contributed by atoms with van der Waals surface area (Å²) in [6.45, 7) is 8.54. The van der Waals surface area contributed by atoms with Crippen molar-refractivity contribution in [2.45, 2.75) is 37.6 Å². The van der Waals surface area contributed by atoms with Gasteiger partial charge in [0.1, 0.15) is 6.10 Å². The molecule has 0 spiro atoms. The van der Waals surface area contributed by atoms with Crippen LogP contribution in [0.4, 0.5) is 10.5 Å². The van der Waals surface area contributed by atoms with Gasteiger partial charge in [0.25, 0.3) is 5.54 Å². The van der Waals surface area contributed by atoms with E-state index in [1.165, 1.54) is 0 Å². The number of carbonyl (C=O) groups excluding carboxylic acids is 1. The lowest BCUT2D eigenvalue weighted by molar-refractivity contribution is 0.129.